The fourth-order valence-electron chi connectivity index (χ4n) is 2.53. The molecule has 4 heteroatoms. The maximum absolute atomic E-state index is 11.3. The second-order valence-electron chi connectivity index (χ2n) is 5.29. The fourth-order valence-corrected chi connectivity index (χ4v) is 2.53. The van der Waals surface area contributed by atoms with Crippen LogP contribution in [0.2, 0.25) is 0 Å². The number of rotatable bonds is 4. The molecule has 2 rings (SSSR count). The topological polar surface area (TPSA) is 68.0 Å². The first-order valence-electron chi connectivity index (χ1n) is 6.64. The molecule has 0 spiro atoms. The number of carbonyl (C=O) groups is 1. The third kappa shape index (κ3) is 3.22. The Kier molecular flexibility index (Phi) is 4.18. The largest absolute Gasteiger partial charge is 0.384 e. The van der Waals surface area contributed by atoms with Gasteiger partial charge in [0, 0.05) is 18.9 Å². The Hall–Kier alpha value is -1.58. The Labute approximate surface area is 108 Å². The minimum absolute atomic E-state index is 0.428. The lowest BCUT2D eigenvalue weighted by molar-refractivity contribution is 0.100. The van der Waals surface area contributed by atoms with Crippen LogP contribution in [0.4, 0.5) is 5.69 Å². The Bertz CT molecular complexity index is 411. The van der Waals surface area contributed by atoms with Gasteiger partial charge in [0.2, 0.25) is 0 Å². The number of anilines is 1. The van der Waals surface area contributed by atoms with Crippen molar-refractivity contribution in [2.45, 2.75) is 32.6 Å². The third-order valence-electron chi connectivity index (χ3n) is 3.80. The molecule has 0 radical (unpaired) electrons. The van der Waals surface area contributed by atoms with Crippen molar-refractivity contribution in [3.63, 3.8) is 0 Å². The van der Waals surface area contributed by atoms with Crippen molar-refractivity contribution in [1.29, 1.82) is 0 Å². The predicted octanol–water partition coefficient (Wildman–Crippen LogP) is 2.42. The Morgan fingerprint density at radius 2 is 2.17 bits per heavy atom. The summed E-state index contributed by atoms with van der Waals surface area (Å²) in [5.41, 5.74) is 6.60. The molecule has 0 bridgehead atoms. The van der Waals surface area contributed by atoms with Crippen molar-refractivity contribution in [2.24, 2.45) is 17.6 Å². The Balaban J connectivity index is 1.92. The van der Waals surface area contributed by atoms with Gasteiger partial charge in [0.25, 0.3) is 5.91 Å². The average molecular weight is 247 g/mol. The molecule has 1 heterocycles. The molecule has 3 N–H and O–H groups in total. The van der Waals surface area contributed by atoms with Crippen LogP contribution in [-0.2, 0) is 0 Å². The summed E-state index contributed by atoms with van der Waals surface area (Å²) in [5, 5.41) is 3.34. The first-order valence-corrected chi connectivity index (χ1v) is 6.64. The molecule has 18 heavy (non-hydrogen) atoms. The van der Waals surface area contributed by atoms with Crippen LogP contribution in [0.5, 0.6) is 0 Å². The van der Waals surface area contributed by atoms with Crippen LogP contribution in [0, 0.1) is 11.8 Å². The smallest absolute Gasteiger partial charge is 0.252 e. The number of amides is 1. The summed E-state index contributed by atoms with van der Waals surface area (Å²) in [4.78, 5) is 15.2. The summed E-state index contributed by atoms with van der Waals surface area (Å²) in [5.74, 6) is 1.14. The van der Waals surface area contributed by atoms with Crippen LogP contribution in [-0.4, -0.2) is 17.4 Å². The van der Waals surface area contributed by atoms with Crippen molar-refractivity contribution in [3.8, 4) is 0 Å². The van der Waals surface area contributed by atoms with Gasteiger partial charge in [0.1, 0.15) is 0 Å². The molecule has 1 aliphatic rings. The first-order chi connectivity index (χ1) is 8.66. The van der Waals surface area contributed by atoms with Gasteiger partial charge in [-0.3, -0.25) is 9.78 Å². The number of nitrogens with zero attached hydrogens (tertiary/aromatic N) is 1. The van der Waals surface area contributed by atoms with Gasteiger partial charge in [-0.15, -0.1) is 0 Å². The highest BCUT2D eigenvalue weighted by molar-refractivity contribution is 5.98. The number of pyridine rings is 1. The maximum atomic E-state index is 11.3. The van der Waals surface area contributed by atoms with Crippen molar-refractivity contribution in [2.75, 3.05) is 11.9 Å². The maximum Gasteiger partial charge on any atom is 0.252 e. The van der Waals surface area contributed by atoms with Crippen LogP contribution in [0.1, 0.15) is 43.0 Å². The molecule has 1 aromatic heterocycles. The minimum Gasteiger partial charge on any atom is -0.384 e. The van der Waals surface area contributed by atoms with Gasteiger partial charge in [0.05, 0.1) is 11.3 Å². The quantitative estimate of drug-likeness (QED) is 0.858. The first kappa shape index (κ1) is 12.9. The molecule has 1 saturated carbocycles. The van der Waals surface area contributed by atoms with E-state index in [0.29, 0.717) is 11.5 Å². The SMILES string of the molecule is CC1CCC(CNc2ccncc2C(N)=O)CC1. The van der Waals surface area contributed by atoms with E-state index in [1.165, 1.54) is 31.9 Å². The molecule has 0 unspecified atom stereocenters. The van der Waals surface area contributed by atoms with E-state index < -0.39 is 5.91 Å². The molecular weight excluding hydrogens is 226 g/mol. The van der Waals surface area contributed by atoms with E-state index in [4.69, 9.17) is 5.73 Å². The highest BCUT2D eigenvalue weighted by Gasteiger charge is 2.18. The van der Waals surface area contributed by atoms with Gasteiger partial charge in [0.15, 0.2) is 0 Å². The lowest BCUT2D eigenvalue weighted by Crippen LogP contribution is -2.22. The highest BCUT2D eigenvalue weighted by atomic mass is 16.1. The average Bonchev–Trinajstić information content (AvgIpc) is 2.38. The molecule has 0 aliphatic heterocycles. The summed E-state index contributed by atoms with van der Waals surface area (Å²) in [6.45, 7) is 3.23. The van der Waals surface area contributed by atoms with Crippen molar-refractivity contribution >= 4 is 11.6 Å². The van der Waals surface area contributed by atoms with Gasteiger partial charge in [-0.2, -0.15) is 0 Å². The number of hydrogen-bond donors (Lipinski definition) is 2. The van der Waals surface area contributed by atoms with Gasteiger partial charge < -0.3 is 11.1 Å². The summed E-state index contributed by atoms with van der Waals surface area (Å²) in [7, 11) is 0. The fraction of sp³-hybridized carbons (Fsp3) is 0.571. The van der Waals surface area contributed by atoms with Gasteiger partial charge >= 0.3 is 0 Å². The van der Waals surface area contributed by atoms with E-state index >= 15 is 0 Å². The van der Waals surface area contributed by atoms with Crippen LogP contribution in [0.25, 0.3) is 0 Å². The van der Waals surface area contributed by atoms with E-state index in [0.717, 1.165) is 18.2 Å². The summed E-state index contributed by atoms with van der Waals surface area (Å²) in [6.07, 6.45) is 8.36. The predicted molar refractivity (Wildman–Crippen MR) is 72.4 cm³/mol. The molecule has 98 valence electrons. The summed E-state index contributed by atoms with van der Waals surface area (Å²) < 4.78 is 0. The number of primary amides is 1. The zero-order valence-corrected chi connectivity index (χ0v) is 10.9. The normalized spacial score (nSPS) is 23.6. The molecule has 0 atom stereocenters. The minimum atomic E-state index is -0.428. The van der Waals surface area contributed by atoms with E-state index in [1.807, 2.05) is 6.07 Å². The molecule has 4 nitrogen and oxygen atoms in total. The standard InChI is InChI=1S/C14H21N3O/c1-10-2-4-11(5-3-10)8-17-13-6-7-16-9-12(13)14(15)18/h6-7,9-11H,2-5,8H2,1H3,(H2,15,18)(H,16,17). The lowest BCUT2D eigenvalue weighted by atomic mass is 9.83. The molecular formula is C14H21N3O. The van der Waals surface area contributed by atoms with Crippen molar-refractivity contribution in [3.05, 3.63) is 24.0 Å². The number of hydrogen-bond acceptors (Lipinski definition) is 3. The summed E-state index contributed by atoms with van der Waals surface area (Å²) in [6, 6.07) is 1.81. The Morgan fingerprint density at radius 3 is 2.83 bits per heavy atom. The van der Waals surface area contributed by atoms with Crippen LogP contribution >= 0.6 is 0 Å². The van der Waals surface area contributed by atoms with E-state index in [2.05, 4.69) is 17.2 Å². The van der Waals surface area contributed by atoms with Crippen molar-refractivity contribution in [1.82, 2.24) is 4.98 Å². The highest BCUT2D eigenvalue weighted by Crippen LogP contribution is 2.28. The number of carbonyl (C=O) groups excluding carboxylic acids is 1. The zero-order valence-electron chi connectivity index (χ0n) is 10.9. The number of nitrogens with one attached hydrogen (secondary N) is 1. The molecule has 0 aromatic carbocycles. The second-order valence-corrected chi connectivity index (χ2v) is 5.29. The van der Waals surface area contributed by atoms with E-state index in [-0.39, 0.29) is 0 Å². The summed E-state index contributed by atoms with van der Waals surface area (Å²) >= 11 is 0. The molecule has 1 aliphatic carbocycles. The molecule has 1 aromatic rings. The van der Waals surface area contributed by atoms with E-state index in [1.54, 1.807) is 6.20 Å². The van der Waals surface area contributed by atoms with E-state index in [9.17, 15) is 4.79 Å². The number of nitrogens with two attached hydrogens (primary N) is 1. The second kappa shape index (κ2) is 5.85. The monoisotopic (exact) mass is 247 g/mol. The van der Waals surface area contributed by atoms with Gasteiger partial charge in [-0.25, -0.2) is 0 Å². The van der Waals surface area contributed by atoms with Crippen molar-refractivity contribution < 1.29 is 4.79 Å². The number of aromatic nitrogens is 1. The third-order valence-corrected chi connectivity index (χ3v) is 3.80. The molecule has 0 saturated heterocycles. The molecule has 1 fully saturated rings. The zero-order chi connectivity index (χ0) is 13.0. The van der Waals surface area contributed by atoms with Crippen LogP contribution in [0.15, 0.2) is 18.5 Å². The van der Waals surface area contributed by atoms with Gasteiger partial charge in [-0.1, -0.05) is 19.8 Å². The van der Waals surface area contributed by atoms with Gasteiger partial charge in [-0.05, 0) is 30.7 Å². The lowest BCUT2D eigenvalue weighted by Gasteiger charge is -2.26. The van der Waals surface area contributed by atoms with Crippen LogP contribution < -0.4 is 11.1 Å². The Morgan fingerprint density at radius 1 is 1.44 bits per heavy atom. The molecule has 1 amide bonds. The van der Waals surface area contributed by atoms with Crippen LogP contribution in [0.3, 0.4) is 0 Å².